The predicted octanol–water partition coefficient (Wildman–Crippen LogP) is 4.66. The average molecular weight is 246 g/mol. The summed E-state index contributed by atoms with van der Waals surface area (Å²) in [6.45, 7) is 4.60. The standard InChI is InChI=1S/C17H26O/c1-12-15-8-6-4-3-5-7-13(15)11-14-9-10-16(18)17(12,14)2/h12,14H,3-11H2,1-2H3/t12-,14+,17-/m1/s1. The molecule has 0 unspecified atom stereocenters. The van der Waals surface area contributed by atoms with Crippen LogP contribution in [-0.2, 0) is 4.79 Å². The zero-order valence-electron chi connectivity index (χ0n) is 11.9. The summed E-state index contributed by atoms with van der Waals surface area (Å²) in [5.41, 5.74) is 3.42. The summed E-state index contributed by atoms with van der Waals surface area (Å²) in [4.78, 5) is 12.3. The van der Waals surface area contributed by atoms with E-state index >= 15 is 0 Å². The summed E-state index contributed by atoms with van der Waals surface area (Å²) in [5.74, 6) is 1.71. The fourth-order valence-electron chi connectivity index (χ4n) is 4.77. The molecule has 0 aromatic rings. The van der Waals surface area contributed by atoms with E-state index < -0.39 is 0 Å². The largest absolute Gasteiger partial charge is 0.299 e. The van der Waals surface area contributed by atoms with Crippen molar-refractivity contribution in [3.63, 3.8) is 0 Å². The molecule has 1 fully saturated rings. The highest BCUT2D eigenvalue weighted by Crippen LogP contribution is 2.56. The molecule has 3 aliphatic carbocycles. The molecule has 0 heterocycles. The minimum Gasteiger partial charge on any atom is -0.299 e. The number of allylic oxidation sites excluding steroid dienone is 2. The van der Waals surface area contributed by atoms with Gasteiger partial charge >= 0.3 is 0 Å². The van der Waals surface area contributed by atoms with Crippen LogP contribution in [-0.4, -0.2) is 5.78 Å². The van der Waals surface area contributed by atoms with Gasteiger partial charge in [0.2, 0.25) is 0 Å². The third-order valence-corrected chi connectivity index (χ3v) is 6.21. The minimum atomic E-state index is -0.0158. The molecule has 3 aliphatic rings. The lowest BCUT2D eigenvalue weighted by Gasteiger charge is -2.44. The molecule has 0 aromatic heterocycles. The van der Waals surface area contributed by atoms with Crippen LogP contribution in [0.4, 0.5) is 0 Å². The van der Waals surface area contributed by atoms with Crippen molar-refractivity contribution in [2.75, 3.05) is 0 Å². The Kier molecular flexibility index (Phi) is 3.11. The van der Waals surface area contributed by atoms with Gasteiger partial charge < -0.3 is 0 Å². The molecule has 3 atom stereocenters. The Labute approximate surface area is 111 Å². The van der Waals surface area contributed by atoms with Gasteiger partial charge in [-0.05, 0) is 50.4 Å². The lowest BCUT2D eigenvalue weighted by atomic mass is 9.59. The Hall–Kier alpha value is -0.590. The van der Waals surface area contributed by atoms with Crippen molar-refractivity contribution in [3.8, 4) is 0 Å². The molecule has 18 heavy (non-hydrogen) atoms. The predicted molar refractivity (Wildman–Crippen MR) is 74.3 cm³/mol. The van der Waals surface area contributed by atoms with Crippen LogP contribution in [0, 0.1) is 17.3 Å². The van der Waals surface area contributed by atoms with E-state index in [9.17, 15) is 4.79 Å². The molecule has 0 radical (unpaired) electrons. The fraction of sp³-hybridized carbons (Fsp3) is 0.824. The molecule has 100 valence electrons. The summed E-state index contributed by atoms with van der Waals surface area (Å²) in [6.07, 6.45) is 11.3. The van der Waals surface area contributed by atoms with Crippen molar-refractivity contribution in [3.05, 3.63) is 11.1 Å². The summed E-state index contributed by atoms with van der Waals surface area (Å²) in [5, 5.41) is 0. The summed E-state index contributed by atoms with van der Waals surface area (Å²) >= 11 is 0. The van der Waals surface area contributed by atoms with Crippen LogP contribution in [0.2, 0.25) is 0 Å². The Morgan fingerprint density at radius 2 is 1.78 bits per heavy atom. The van der Waals surface area contributed by atoms with Crippen molar-refractivity contribution >= 4 is 5.78 Å². The SMILES string of the molecule is C[C@@H]1C2=C(CCCCCC2)C[C@@H]2CCC(=O)[C@@]21C. The average Bonchev–Trinajstić information content (AvgIpc) is 2.61. The van der Waals surface area contributed by atoms with Crippen LogP contribution in [0.5, 0.6) is 0 Å². The molecule has 0 bridgehead atoms. The van der Waals surface area contributed by atoms with Gasteiger partial charge in [0.1, 0.15) is 5.78 Å². The Balaban J connectivity index is 1.97. The highest BCUT2D eigenvalue weighted by Gasteiger charge is 2.52. The molecule has 3 rings (SSSR count). The van der Waals surface area contributed by atoms with E-state index in [0.29, 0.717) is 17.6 Å². The lowest BCUT2D eigenvalue weighted by molar-refractivity contribution is -0.128. The number of carbonyl (C=O) groups excluding carboxylic acids is 1. The zero-order valence-corrected chi connectivity index (χ0v) is 11.9. The van der Waals surface area contributed by atoms with E-state index in [2.05, 4.69) is 13.8 Å². The number of rotatable bonds is 0. The van der Waals surface area contributed by atoms with Crippen molar-refractivity contribution in [2.45, 2.75) is 71.6 Å². The van der Waals surface area contributed by atoms with Crippen LogP contribution < -0.4 is 0 Å². The number of hydrogen-bond donors (Lipinski definition) is 0. The summed E-state index contributed by atoms with van der Waals surface area (Å²) in [7, 11) is 0. The van der Waals surface area contributed by atoms with Gasteiger partial charge in [-0.3, -0.25) is 4.79 Å². The van der Waals surface area contributed by atoms with Gasteiger partial charge in [-0.2, -0.15) is 0 Å². The topological polar surface area (TPSA) is 17.1 Å². The van der Waals surface area contributed by atoms with Gasteiger partial charge in [-0.15, -0.1) is 0 Å². The first-order valence-electron chi connectivity index (χ1n) is 7.88. The fourth-order valence-corrected chi connectivity index (χ4v) is 4.77. The molecule has 0 amide bonds. The normalized spacial score (nSPS) is 41.1. The maximum absolute atomic E-state index is 12.3. The van der Waals surface area contributed by atoms with E-state index in [0.717, 1.165) is 12.8 Å². The molecule has 0 spiro atoms. The van der Waals surface area contributed by atoms with Gasteiger partial charge in [0.05, 0.1) is 0 Å². The van der Waals surface area contributed by atoms with Gasteiger partial charge in [-0.1, -0.05) is 37.8 Å². The molecule has 0 N–H and O–H groups in total. The number of ketones is 1. The highest BCUT2D eigenvalue weighted by molar-refractivity contribution is 5.88. The maximum Gasteiger partial charge on any atom is 0.139 e. The highest BCUT2D eigenvalue weighted by atomic mass is 16.1. The van der Waals surface area contributed by atoms with Crippen LogP contribution in [0.3, 0.4) is 0 Å². The summed E-state index contributed by atoms with van der Waals surface area (Å²) in [6, 6.07) is 0. The second-order valence-corrected chi connectivity index (χ2v) is 6.91. The lowest BCUT2D eigenvalue weighted by Crippen LogP contribution is -2.40. The van der Waals surface area contributed by atoms with Crippen molar-refractivity contribution in [1.29, 1.82) is 0 Å². The van der Waals surface area contributed by atoms with Crippen LogP contribution in [0.15, 0.2) is 11.1 Å². The molecule has 0 aliphatic heterocycles. The van der Waals surface area contributed by atoms with E-state index in [1.165, 1.54) is 44.9 Å². The minimum absolute atomic E-state index is 0.0158. The second-order valence-electron chi connectivity index (χ2n) is 6.91. The zero-order chi connectivity index (χ0) is 12.8. The van der Waals surface area contributed by atoms with Crippen molar-refractivity contribution in [2.24, 2.45) is 17.3 Å². The first kappa shape index (κ1) is 12.4. The Morgan fingerprint density at radius 3 is 2.56 bits per heavy atom. The second kappa shape index (κ2) is 4.51. The first-order chi connectivity index (χ1) is 8.64. The van der Waals surface area contributed by atoms with E-state index in [1.807, 2.05) is 0 Å². The van der Waals surface area contributed by atoms with E-state index in [-0.39, 0.29) is 5.41 Å². The Bertz CT molecular complexity index is 392. The smallest absolute Gasteiger partial charge is 0.139 e. The number of carbonyl (C=O) groups is 1. The molecule has 1 heteroatoms. The monoisotopic (exact) mass is 246 g/mol. The third kappa shape index (κ3) is 1.70. The van der Waals surface area contributed by atoms with E-state index in [4.69, 9.17) is 0 Å². The molecule has 1 nitrogen and oxygen atoms in total. The molecule has 1 saturated carbocycles. The van der Waals surface area contributed by atoms with Gasteiger partial charge in [0, 0.05) is 11.8 Å². The van der Waals surface area contributed by atoms with Crippen LogP contribution >= 0.6 is 0 Å². The maximum atomic E-state index is 12.3. The third-order valence-electron chi connectivity index (χ3n) is 6.21. The van der Waals surface area contributed by atoms with Crippen molar-refractivity contribution < 1.29 is 4.79 Å². The van der Waals surface area contributed by atoms with Gasteiger partial charge in [0.15, 0.2) is 0 Å². The van der Waals surface area contributed by atoms with Crippen molar-refractivity contribution in [1.82, 2.24) is 0 Å². The number of fused-ring (bicyclic) bond motifs is 1. The van der Waals surface area contributed by atoms with E-state index in [1.54, 1.807) is 11.1 Å². The molecular formula is C17H26O. The van der Waals surface area contributed by atoms with Gasteiger partial charge in [0.25, 0.3) is 0 Å². The number of Topliss-reactive ketones (excluding diaryl/α,β-unsaturated/α-hetero) is 1. The molecular weight excluding hydrogens is 220 g/mol. The molecule has 0 saturated heterocycles. The summed E-state index contributed by atoms with van der Waals surface area (Å²) < 4.78 is 0. The first-order valence-corrected chi connectivity index (χ1v) is 7.88. The Morgan fingerprint density at radius 1 is 1.06 bits per heavy atom. The molecule has 0 aromatic carbocycles. The van der Waals surface area contributed by atoms with Crippen LogP contribution in [0.1, 0.15) is 71.6 Å². The number of hydrogen-bond acceptors (Lipinski definition) is 1. The van der Waals surface area contributed by atoms with Crippen LogP contribution in [0.25, 0.3) is 0 Å². The van der Waals surface area contributed by atoms with Gasteiger partial charge in [-0.25, -0.2) is 0 Å². The quantitative estimate of drug-likeness (QED) is 0.568.